The standard InChI is InChI=1S/C26H29N5O6S/c1-4-37-22-10-5-7-19(29-22)25-30-24-26(31(25)23-20(34-2)8-6-9-21(23)35-3)28-17(15-27-24)16-38(32,33)18-11-13-36-14-12-18/h5-10,15,18H,4,11-14,16H2,1-3H3. The number of para-hydroxylation sites is 1. The van der Waals surface area contributed by atoms with Gasteiger partial charge in [-0.15, -0.1) is 0 Å². The highest BCUT2D eigenvalue weighted by atomic mass is 32.2. The normalized spacial score (nSPS) is 14.5. The summed E-state index contributed by atoms with van der Waals surface area (Å²) in [5.41, 5.74) is 2.05. The average molecular weight is 540 g/mol. The summed E-state index contributed by atoms with van der Waals surface area (Å²) in [5, 5.41) is -0.464. The number of nitrogens with zero attached hydrogens (tertiary/aromatic N) is 5. The predicted molar refractivity (Wildman–Crippen MR) is 141 cm³/mol. The lowest BCUT2D eigenvalue weighted by Gasteiger charge is -2.21. The fraction of sp³-hybridized carbons (Fsp3) is 0.385. The zero-order valence-electron chi connectivity index (χ0n) is 21.5. The fourth-order valence-electron chi connectivity index (χ4n) is 4.52. The van der Waals surface area contributed by atoms with E-state index in [0.29, 0.717) is 84.2 Å². The van der Waals surface area contributed by atoms with Crippen molar-refractivity contribution < 1.29 is 27.4 Å². The molecule has 5 rings (SSSR count). The minimum Gasteiger partial charge on any atom is -0.494 e. The van der Waals surface area contributed by atoms with Crippen LogP contribution in [-0.2, 0) is 20.3 Å². The van der Waals surface area contributed by atoms with Crippen LogP contribution in [0.1, 0.15) is 25.5 Å². The van der Waals surface area contributed by atoms with Gasteiger partial charge in [0.05, 0.1) is 43.7 Å². The van der Waals surface area contributed by atoms with E-state index in [1.165, 1.54) is 6.20 Å². The molecule has 1 aliphatic heterocycles. The van der Waals surface area contributed by atoms with E-state index in [4.69, 9.17) is 28.9 Å². The Kier molecular flexibility index (Phi) is 7.43. The van der Waals surface area contributed by atoms with Crippen LogP contribution < -0.4 is 14.2 Å². The zero-order valence-corrected chi connectivity index (χ0v) is 22.3. The quantitative estimate of drug-likeness (QED) is 0.312. The number of hydrogen-bond acceptors (Lipinski definition) is 10. The van der Waals surface area contributed by atoms with Gasteiger partial charge in [-0.25, -0.2) is 28.4 Å². The summed E-state index contributed by atoms with van der Waals surface area (Å²) in [4.78, 5) is 18.6. The van der Waals surface area contributed by atoms with Crippen molar-refractivity contribution in [3.05, 3.63) is 48.3 Å². The SMILES string of the molecule is CCOc1cccc(-c2nc3ncc(CS(=O)(=O)C4CCOCC4)nc3n2-c2c(OC)cccc2OC)n1. The van der Waals surface area contributed by atoms with E-state index in [2.05, 4.69) is 9.97 Å². The minimum atomic E-state index is -3.46. The van der Waals surface area contributed by atoms with Crippen LogP contribution in [0.15, 0.2) is 42.6 Å². The molecule has 38 heavy (non-hydrogen) atoms. The molecule has 1 saturated heterocycles. The van der Waals surface area contributed by atoms with Crippen LogP contribution >= 0.6 is 0 Å². The van der Waals surface area contributed by atoms with Crippen LogP contribution in [0.5, 0.6) is 17.4 Å². The Morgan fingerprint density at radius 1 is 1.00 bits per heavy atom. The lowest BCUT2D eigenvalue weighted by Crippen LogP contribution is -2.30. The number of benzene rings is 1. The fourth-order valence-corrected chi connectivity index (χ4v) is 6.22. The molecular weight excluding hydrogens is 510 g/mol. The monoisotopic (exact) mass is 539 g/mol. The summed E-state index contributed by atoms with van der Waals surface area (Å²) >= 11 is 0. The second-order valence-corrected chi connectivity index (χ2v) is 11.0. The third kappa shape index (κ3) is 5.01. The van der Waals surface area contributed by atoms with E-state index in [0.717, 1.165) is 0 Å². The van der Waals surface area contributed by atoms with Crippen molar-refractivity contribution in [1.29, 1.82) is 0 Å². The smallest absolute Gasteiger partial charge is 0.213 e. The van der Waals surface area contributed by atoms with Gasteiger partial charge in [-0.3, -0.25) is 4.57 Å². The van der Waals surface area contributed by atoms with Crippen LogP contribution in [0.2, 0.25) is 0 Å². The van der Waals surface area contributed by atoms with E-state index < -0.39 is 15.1 Å². The van der Waals surface area contributed by atoms with Gasteiger partial charge in [0, 0.05) is 19.3 Å². The summed E-state index contributed by atoms with van der Waals surface area (Å²) in [6, 6.07) is 10.8. The van der Waals surface area contributed by atoms with E-state index in [9.17, 15) is 8.42 Å². The van der Waals surface area contributed by atoms with Crippen LogP contribution in [0, 0.1) is 0 Å². The summed E-state index contributed by atoms with van der Waals surface area (Å²) in [6.45, 7) is 3.21. The number of imidazole rings is 1. The number of fused-ring (bicyclic) bond motifs is 1. The molecule has 1 aromatic carbocycles. The van der Waals surface area contributed by atoms with Crippen LogP contribution in [0.25, 0.3) is 28.5 Å². The molecule has 3 aromatic heterocycles. The number of pyridine rings is 1. The van der Waals surface area contributed by atoms with Gasteiger partial charge in [0.25, 0.3) is 0 Å². The molecule has 0 aliphatic carbocycles. The maximum Gasteiger partial charge on any atom is 0.213 e. The van der Waals surface area contributed by atoms with Crippen molar-refractivity contribution in [2.24, 2.45) is 0 Å². The maximum atomic E-state index is 13.2. The molecule has 0 bridgehead atoms. The Hall–Kier alpha value is -3.77. The van der Waals surface area contributed by atoms with Gasteiger partial charge >= 0.3 is 0 Å². The van der Waals surface area contributed by atoms with E-state index in [1.54, 1.807) is 43.1 Å². The van der Waals surface area contributed by atoms with E-state index in [-0.39, 0.29) is 5.75 Å². The maximum absolute atomic E-state index is 13.2. The second kappa shape index (κ2) is 10.9. The third-order valence-electron chi connectivity index (χ3n) is 6.32. The molecule has 0 unspecified atom stereocenters. The highest BCUT2D eigenvalue weighted by molar-refractivity contribution is 7.91. The Bertz CT molecular complexity index is 1530. The molecule has 0 saturated carbocycles. The highest BCUT2D eigenvalue weighted by Crippen LogP contribution is 2.38. The van der Waals surface area contributed by atoms with E-state index >= 15 is 0 Å². The molecule has 200 valence electrons. The topological polar surface area (TPSA) is 128 Å². The predicted octanol–water partition coefficient (Wildman–Crippen LogP) is 3.39. The summed E-state index contributed by atoms with van der Waals surface area (Å²) < 4.78 is 50.4. The molecule has 4 heterocycles. The molecule has 0 N–H and O–H groups in total. The van der Waals surface area contributed by atoms with Gasteiger partial charge in [0.15, 0.2) is 27.0 Å². The van der Waals surface area contributed by atoms with Gasteiger partial charge in [-0.1, -0.05) is 12.1 Å². The summed E-state index contributed by atoms with van der Waals surface area (Å²) in [6.07, 6.45) is 2.41. The Balaban J connectivity index is 1.70. The van der Waals surface area contributed by atoms with Crippen LogP contribution in [-0.4, -0.2) is 72.2 Å². The zero-order chi connectivity index (χ0) is 26.7. The van der Waals surface area contributed by atoms with Crippen LogP contribution in [0.3, 0.4) is 0 Å². The van der Waals surface area contributed by atoms with Crippen molar-refractivity contribution >= 4 is 21.1 Å². The number of rotatable bonds is 9. The lowest BCUT2D eigenvalue weighted by atomic mass is 10.2. The molecule has 12 heteroatoms. The minimum absolute atomic E-state index is 0.234. The number of aromatic nitrogens is 5. The van der Waals surface area contributed by atoms with Crippen molar-refractivity contribution in [1.82, 2.24) is 24.5 Å². The van der Waals surface area contributed by atoms with Crippen molar-refractivity contribution in [2.45, 2.75) is 30.8 Å². The molecule has 0 spiro atoms. The molecule has 1 aliphatic rings. The van der Waals surface area contributed by atoms with Crippen molar-refractivity contribution in [3.8, 4) is 34.6 Å². The summed E-state index contributed by atoms with van der Waals surface area (Å²) in [5.74, 6) is 1.65. The molecular formula is C26H29N5O6S. The molecule has 1 fully saturated rings. The van der Waals surface area contributed by atoms with E-state index in [1.807, 2.05) is 19.1 Å². The molecule has 0 radical (unpaired) electrons. The molecule has 0 amide bonds. The molecule has 4 aromatic rings. The van der Waals surface area contributed by atoms with Gasteiger partial charge in [0.2, 0.25) is 5.88 Å². The first-order valence-corrected chi connectivity index (χ1v) is 14.0. The Labute approximate surface area is 220 Å². The lowest BCUT2D eigenvalue weighted by molar-refractivity contribution is 0.0983. The van der Waals surface area contributed by atoms with Crippen molar-refractivity contribution in [2.75, 3.05) is 34.0 Å². The first-order chi connectivity index (χ1) is 18.4. The number of ether oxygens (including phenoxy) is 4. The molecule has 0 atom stereocenters. The van der Waals surface area contributed by atoms with Crippen LogP contribution in [0.4, 0.5) is 0 Å². The summed E-state index contributed by atoms with van der Waals surface area (Å²) in [7, 11) is -0.340. The highest BCUT2D eigenvalue weighted by Gasteiger charge is 2.29. The number of methoxy groups -OCH3 is 2. The first-order valence-electron chi connectivity index (χ1n) is 12.3. The Morgan fingerprint density at radius 2 is 1.71 bits per heavy atom. The van der Waals surface area contributed by atoms with Gasteiger partial charge in [-0.2, -0.15) is 0 Å². The molecule has 11 nitrogen and oxygen atoms in total. The first kappa shape index (κ1) is 25.9. The number of sulfone groups is 1. The third-order valence-corrected chi connectivity index (χ3v) is 8.50. The number of hydrogen-bond donors (Lipinski definition) is 0. The largest absolute Gasteiger partial charge is 0.494 e. The van der Waals surface area contributed by atoms with Gasteiger partial charge < -0.3 is 18.9 Å². The van der Waals surface area contributed by atoms with Gasteiger partial charge in [-0.05, 0) is 38.0 Å². The average Bonchev–Trinajstić information content (AvgIpc) is 3.31. The Morgan fingerprint density at radius 3 is 2.39 bits per heavy atom. The van der Waals surface area contributed by atoms with Crippen molar-refractivity contribution in [3.63, 3.8) is 0 Å². The second-order valence-electron chi connectivity index (χ2n) is 8.70. The van der Waals surface area contributed by atoms with Gasteiger partial charge in [0.1, 0.15) is 22.9 Å².